The summed E-state index contributed by atoms with van der Waals surface area (Å²) in [6.07, 6.45) is 0.408. The Kier molecular flexibility index (Phi) is 5.92. The lowest BCUT2D eigenvalue weighted by Gasteiger charge is -2.15. The number of nitrogens with one attached hydrogen (secondary N) is 1. The standard InChI is InChI=1S/C13H19N3O4/c1-3-15-10(13(14)17)7-8-20-12-6-4-5-11(9(12)2)16(18)19/h4-6,10,15H,3,7-8H2,1-2H3,(H2,14,17). The number of rotatable bonds is 8. The average molecular weight is 281 g/mol. The van der Waals surface area contributed by atoms with E-state index in [0.29, 0.717) is 24.3 Å². The van der Waals surface area contributed by atoms with Crippen molar-refractivity contribution in [1.82, 2.24) is 5.32 Å². The van der Waals surface area contributed by atoms with Gasteiger partial charge in [0.2, 0.25) is 5.91 Å². The third-order valence-corrected chi connectivity index (χ3v) is 2.91. The van der Waals surface area contributed by atoms with E-state index in [-0.39, 0.29) is 12.3 Å². The number of nitro groups is 1. The first-order chi connectivity index (χ1) is 9.47. The summed E-state index contributed by atoms with van der Waals surface area (Å²) in [4.78, 5) is 21.5. The van der Waals surface area contributed by atoms with E-state index in [0.717, 1.165) is 0 Å². The molecule has 1 unspecified atom stereocenters. The van der Waals surface area contributed by atoms with Crippen LogP contribution in [0.4, 0.5) is 5.69 Å². The minimum absolute atomic E-state index is 0.0145. The molecule has 0 heterocycles. The molecule has 0 aliphatic rings. The molecule has 1 rings (SSSR count). The lowest BCUT2D eigenvalue weighted by molar-refractivity contribution is -0.385. The second kappa shape index (κ2) is 7.44. The van der Waals surface area contributed by atoms with Crippen molar-refractivity contribution in [1.29, 1.82) is 0 Å². The zero-order chi connectivity index (χ0) is 15.1. The zero-order valence-corrected chi connectivity index (χ0v) is 11.6. The van der Waals surface area contributed by atoms with Gasteiger partial charge in [0.1, 0.15) is 5.75 Å². The Bertz CT molecular complexity index is 491. The van der Waals surface area contributed by atoms with E-state index < -0.39 is 16.9 Å². The van der Waals surface area contributed by atoms with E-state index in [1.54, 1.807) is 19.1 Å². The van der Waals surface area contributed by atoms with Gasteiger partial charge in [-0.05, 0) is 19.5 Å². The molecule has 20 heavy (non-hydrogen) atoms. The first-order valence-electron chi connectivity index (χ1n) is 6.36. The van der Waals surface area contributed by atoms with Crippen LogP contribution in [0, 0.1) is 17.0 Å². The van der Waals surface area contributed by atoms with E-state index >= 15 is 0 Å². The molecule has 0 saturated carbocycles. The number of nitro benzene ring substituents is 1. The third-order valence-electron chi connectivity index (χ3n) is 2.91. The fourth-order valence-electron chi connectivity index (χ4n) is 1.84. The molecule has 7 heteroatoms. The maximum absolute atomic E-state index is 11.2. The lowest BCUT2D eigenvalue weighted by atomic mass is 10.2. The molecule has 1 aromatic rings. The highest BCUT2D eigenvalue weighted by atomic mass is 16.6. The van der Waals surface area contributed by atoms with Crippen LogP contribution in [0.5, 0.6) is 5.75 Å². The molecule has 0 fully saturated rings. The van der Waals surface area contributed by atoms with Gasteiger partial charge in [-0.2, -0.15) is 0 Å². The molecule has 7 nitrogen and oxygen atoms in total. The van der Waals surface area contributed by atoms with Crippen molar-refractivity contribution in [3.63, 3.8) is 0 Å². The molecule has 0 aromatic heterocycles. The second-order valence-corrected chi connectivity index (χ2v) is 4.31. The van der Waals surface area contributed by atoms with E-state index in [1.165, 1.54) is 6.07 Å². The van der Waals surface area contributed by atoms with Crippen LogP contribution in [0.15, 0.2) is 18.2 Å². The van der Waals surface area contributed by atoms with Crippen molar-refractivity contribution < 1.29 is 14.5 Å². The van der Waals surface area contributed by atoms with Crippen LogP contribution < -0.4 is 15.8 Å². The minimum atomic E-state index is -0.459. The molecule has 0 spiro atoms. The minimum Gasteiger partial charge on any atom is -0.493 e. The van der Waals surface area contributed by atoms with Gasteiger partial charge >= 0.3 is 0 Å². The Labute approximate surface area is 117 Å². The zero-order valence-electron chi connectivity index (χ0n) is 11.6. The van der Waals surface area contributed by atoms with Gasteiger partial charge in [-0.3, -0.25) is 14.9 Å². The highest BCUT2D eigenvalue weighted by Crippen LogP contribution is 2.27. The smallest absolute Gasteiger partial charge is 0.276 e. The lowest BCUT2D eigenvalue weighted by Crippen LogP contribution is -2.42. The number of amides is 1. The molecule has 1 atom stereocenters. The maximum Gasteiger partial charge on any atom is 0.276 e. The van der Waals surface area contributed by atoms with E-state index in [4.69, 9.17) is 10.5 Å². The van der Waals surface area contributed by atoms with Gasteiger partial charge in [-0.1, -0.05) is 13.0 Å². The maximum atomic E-state index is 11.2. The van der Waals surface area contributed by atoms with Crippen molar-refractivity contribution in [2.75, 3.05) is 13.2 Å². The predicted octanol–water partition coefficient (Wildman–Crippen LogP) is 1.14. The number of nitrogens with two attached hydrogens (primary N) is 1. The van der Waals surface area contributed by atoms with Crippen molar-refractivity contribution in [2.24, 2.45) is 5.73 Å². The van der Waals surface area contributed by atoms with Crippen LogP contribution in [0.2, 0.25) is 0 Å². The number of carbonyl (C=O) groups excluding carboxylic acids is 1. The summed E-state index contributed by atoms with van der Waals surface area (Å²) >= 11 is 0. The number of primary amides is 1. The molecule has 0 bridgehead atoms. The summed E-state index contributed by atoms with van der Waals surface area (Å²) in [6, 6.07) is 4.19. The van der Waals surface area contributed by atoms with Gasteiger partial charge < -0.3 is 15.8 Å². The topological polar surface area (TPSA) is 107 Å². The van der Waals surface area contributed by atoms with Crippen LogP contribution in [-0.4, -0.2) is 30.0 Å². The van der Waals surface area contributed by atoms with Crippen LogP contribution in [0.3, 0.4) is 0 Å². The van der Waals surface area contributed by atoms with Gasteiger partial charge in [0, 0.05) is 12.5 Å². The molecule has 0 radical (unpaired) electrons. The molecule has 0 aliphatic carbocycles. The summed E-state index contributed by atoms with van der Waals surface area (Å²) in [5.74, 6) is 0.00475. The SMILES string of the molecule is CCNC(CCOc1cccc([N+](=O)[O-])c1C)C(N)=O. The van der Waals surface area contributed by atoms with Crippen molar-refractivity contribution in [3.8, 4) is 5.75 Å². The first-order valence-corrected chi connectivity index (χ1v) is 6.36. The van der Waals surface area contributed by atoms with Crippen LogP contribution in [-0.2, 0) is 4.79 Å². The van der Waals surface area contributed by atoms with Crippen molar-refractivity contribution in [2.45, 2.75) is 26.3 Å². The Balaban J connectivity index is 2.64. The van der Waals surface area contributed by atoms with E-state index in [9.17, 15) is 14.9 Å². The van der Waals surface area contributed by atoms with E-state index in [2.05, 4.69) is 5.32 Å². The molecule has 1 amide bonds. The number of hydrogen-bond acceptors (Lipinski definition) is 5. The number of nitrogens with zero attached hydrogens (tertiary/aromatic N) is 1. The van der Waals surface area contributed by atoms with Gasteiger partial charge in [0.05, 0.1) is 23.1 Å². The largest absolute Gasteiger partial charge is 0.493 e. The first kappa shape index (κ1) is 15.9. The van der Waals surface area contributed by atoms with Crippen LogP contribution in [0.25, 0.3) is 0 Å². The number of benzene rings is 1. The Morgan fingerprint density at radius 1 is 1.55 bits per heavy atom. The molecule has 3 N–H and O–H groups in total. The Morgan fingerprint density at radius 3 is 2.80 bits per heavy atom. The van der Waals surface area contributed by atoms with Crippen LogP contribution >= 0.6 is 0 Å². The summed E-state index contributed by atoms with van der Waals surface area (Å²) in [7, 11) is 0. The highest BCUT2D eigenvalue weighted by Gasteiger charge is 2.16. The molecular formula is C13H19N3O4. The third kappa shape index (κ3) is 4.20. The summed E-state index contributed by atoms with van der Waals surface area (Å²) in [5, 5.41) is 13.8. The molecule has 0 aliphatic heterocycles. The van der Waals surface area contributed by atoms with Gasteiger partial charge in [0.15, 0.2) is 0 Å². The second-order valence-electron chi connectivity index (χ2n) is 4.31. The quantitative estimate of drug-likeness (QED) is 0.548. The number of likely N-dealkylation sites (N-methyl/N-ethyl adjacent to an activating group) is 1. The van der Waals surface area contributed by atoms with Gasteiger partial charge in [0.25, 0.3) is 5.69 Å². The summed E-state index contributed by atoms with van der Waals surface area (Å²) in [6.45, 7) is 4.39. The monoisotopic (exact) mass is 281 g/mol. The van der Waals surface area contributed by atoms with E-state index in [1.807, 2.05) is 6.92 Å². The molecule has 0 saturated heterocycles. The predicted molar refractivity (Wildman–Crippen MR) is 74.6 cm³/mol. The molecular weight excluding hydrogens is 262 g/mol. The van der Waals surface area contributed by atoms with Crippen molar-refractivity contribution in [3.05, 3.63) is 33.9 Å². The van der Waals surface area contributed by atoms with Crippen LogP contribution in [0.1, 0.15) is 18.9 Å². The van der Waals surface area contributed by atoms with Gasteiger partial charge in [-0.15, -0.1) is 0 Å². The fourth-order valence-corrected chi connectivity index (χ4v) is 1.84. The average Bonchev–Trinajstić information content (AvgIpc) is 2.39. The number of hydrogen-bond donors (Lipinski definition) is 2. The highest BCUT2D eigenvalue weighted by molar-refractivity contribution is 5.79. The fraction of sp³-hybridized carbons (Fsp3) is 0.462. The summed E-state index contributed by atoms with van der Waals surface area (Å²) in [5.41, 5.74) is 5.73. The molecule has 110 valence electrons. The molecule has 1 aromatic carbocycles. The Hall–Kier alpha value is -2.15. The normalized spacial score (nSPS) is 11.9. The number of carbonyl (C=O) groups is 1. The van der Waals surface area contributed by atoms with Gasteiger partial charge in [-0.25, -0.2) is 0 Å². The Morgan fingerprint density at radius 2 is 2.25 bits per heavy atom. The number of ether oxygens (including phenoxy) is 1. The van der Waals surface area contributed by atoms with Crippen molar-refractivity contribution >= 4 is 11.6 Å². The summed E-state index contributed by atoms with van der Waals surface area (Å²) < 4.78 is 5.50.